The van der Waals surface area contributed by atoms with Crippen LogP contribution in [0.15, 0.2) is 66.7 Å². The lowest BCUT2D eigenvalue weighted by atomic mass is 10.1. The van der Waals surface area contributed by atoms with E-state index in [1.54, 1.807) is 42.5 Å². The van der Waals surface area contributed by atoms with Gasteiger partial charge in [-0.15, -0.1) is 0 Å². The monoisotopic (exact) mass is 473 g/mol. The molecule has 166 valence electrons. The van der Waals surface area contributed by atoms with Crippen LogP contribution in [0.3, 0.4) is 0 Å². The Kier molecular flexibility index (Phi) is 6.81. The Morgan fingerprint density at radius 1 is 1.09 bits per heavy atom. The predicted octanol–water partition coefficient (Wildman–Crippen LogP) is 4.78. The van der Waals surface area contributed by atoms with E-state index >= 15 is 0 Å². The highest BCUT2D eigenvalue weighted by Crippen LogP contribution is 2.27. The molecular formula is C22H20ClN3O5S. The molecule has 0 aliphatic rings. The van der Waals surface area contributed by atoms with E-state index in [0.717, 1.165) is 11.8 Å². The second kappa shape index (κ2) is 9.37. The fourth-order valence-electron chi connectivity index (χ4n) is 3.03. The number of carbonyl (C=O) groups is 1. The van der Waals surface area contributed by atoms with Crippen molar-refractivity contribution in [3.63, 3.8) is 0 Å². The highest BCUT2D eigenvalue weighted by Gasteiger charge is 2.19. The zero-order chi connectivity index (χ0) is 23.5. The number of halogens is 1. The lowest BCUT2D eigenvalue weighted by Crippen LogP contribution is -2.29. The number of nitrogens with one attached hydrogen (secondary N) is 1. The second-order valence-corrected chi connectivity index (χ2v) is 9.49. The summed E-state index contributed by atoms with van der Waals surface area (Å²) in [4.78, 5) is 22.9. The van der Waals surface area contributed by atoms with Gasteiger partial charge < -0.3 is 5.32 Å². The molecule has 0 saturated heterocycles. The number of hydrogen-bond donors (Lipinski definition) is 1. The summed E-state index contributed by atoms with van der Waals surface area (Å²) in [6.45, 7) is 1.98. The van der Waals surface area contributed by atoms with Crippen molar-refractivity contribution >= 4 is 44.6 Å². The average molecular weight is 474 g/mol. The van der Waals surface area contributed by atoms with Gasteiger partial charge in [0, 0.05) is 17.7 Å². The number of nitro benzene ring substituents is 1. The summed E-state index contributed by atoms with van der Waals surface area (Å²) < 4.78 is 26.0. The molecule has 0 heterocycles. The summed E-state index contributed by atoms with van der Waals surface area (Å²) in [5, 5.41) is 13.7. The Bertz CT molecular complexity index is 1280. The van der Waals surface area contributed by atoms with Gasteiger partial charge in [0.25, 0.3) is 11.6 Å². The minimum atomic E-state index is -3.53. The fourth-order valence-corrected chi connectivity index (χ4v) is 4.07. The molecule has 0 unspecified atom stereocenters. The third-order valence-corrected chi connectivity index (χ3v) is 6.11. The minimum absolute atomic E-state index is 0.0981. The van der Waals surface area contributed by atoms with Crippen LogP contribution in [-0.2, 0) is 16.6 Å². The Morgan fingerprint density at radius 2 is 1.78 bits per heavy atom. The summed E-state index contributed by atoms with van der Waals surface area (Å²) >= 11 is 6.03. The first kappa shape index (κ1) is 23.2. The van der Waals surface area contributed by atoms with E-state index in [1.807, 2.05) is 13.0 Å². The molecule has 0 saturated carbocycles. The number of amides is 1. The Morgan fingerprint density at radius 3 is 2.38 bits per heavy atom. The van der Waals surface area contributed by atoms with Crippen molar-refractivity contribution in [3.05, 3.63) is 98.6 Å². The quantitative estimate of drug-likeness (QED) is 0.392. The molecule has 0 atom stereocenters. The third-order valence-electron chi connectivity index (χ3n) is 4.64. The van der Waals surface area contributed by atoms with Crippen LogP contribution in [0, 0.1) is 17.0 Å². The molecule has 0 aliphatic carbocycles. The minimum Gasteiger partial charge on any atom is -0.320 e. The van der Waals surface area contributed by atoms with Gasteiger partial charge in [0.05, 0.1) is 34.1 Å². The summed E-state index contributed by atoms with van der Waals surface area (Å²) in [6.07, 6.45) is 1.14. The number of aryl methyl sites for hydroxylation is 1. The Balaban J connectivity index is 1.79. The first-order chi connectivity index (χ1) is 15.0. The fraction of sp³-hybridized carbons (Fsp3) is 0.136. The maximum absolute atomic E-state index is 12.6. The van der Waals surface area contributed by atoms with Crippen molar-refractivity contribution in [2.75, 3.05) is 15.9 Å². The van der Waals surface area contributed by atoms with Crippen LogP contribution >= 0.6 is 11.6 Å². The van der Waals surface area contributed by atoms with Gasteiger partial charge in [0.2, 0.25) is 10.0 Å². The summed E-state index contributed by atoms with van der Waals surface area (Å²) in [7, 11) is -3.53. The molecule has 3 rings (SSSR count). The molecule has 3 aromatic carbocycles. The van der Waals surface area contributed by atoms with E-state index < -0.39 is 20.9 Å². The SMILES string of the molecule is Cc1cccc(N(Cc2ccc(C(=O)Nc3cc([N+](=O)[O-])ccc3Cl)cc2)S(C)(=O)=O)c1. The molecule has 0 bridgehead atoms. The first-order valence-electron chi connectivity index (χ1n) is 9.43. The summed E-state index contributed by atoms with van der Waals surface area (Å²) in [5.41, 5.74) is 2.38. The molecule has 1 amide bonds. The van der Waals surface area contributed by atoms with Crippen LogP contribution < -0.4 is 9.62 Å². The highest BCUT2D eigenvalue weighted by atomic mass is 35.5. The van der Waals surface area contributed by atoms with Crippen molar-refractivity contribution < 1.29 is 18.1 Å². The van der Waals surface area contributed by atoms with E-state index in [-0.39, 0.29) is 28.5 Å². The number of carbonyl (C=O) groups excluding carboxylic acids is 1. The van der Waals surface area contributed by atoms with E-state index in [1.165, 1.54) is 22.5 Å². The zero-order valence-corrected chi connectivity index (χ0v) is 18.9. The predicted molar refractivity (Wildman–Crippen MR) is 125 cm³/mol. The number of benzene rings is 3. The van der Waals surface area contributed by atoms with Gasteiger partial charge in [0.15, 0.2) is 0 Å². The molecule has 0 radical (unpaired) electrons. The standard InChI is InChI=1S/C22H20ClN3O5S/c1-15-4-3-5-18(12-15)25(32(2,30)31)14-16-6-8-17(9-7-16)22(27)24-21-13-19(26(28)29)10-11-20(21)23/h3-13H,14H2,1-2H3,(H,24,27). The molecular weight excluding hydrogens is 454 g/mol. The van der Waals surface area contributed by atoms with E-state index in [9.17, 15) is 23.3 Å². The van der Waals surface area contributed by atoms with Gasteiger partial charge in [-0.05, 0) is 48.4 Å². The maximum Gasteiger partial charge on any atom is 0.271 e. The van der Waals surface area contributed by atoms with E-state index in [4.69, 9.17) is 11.6 Å². The maximum atomic E-state index is 12.6. The number of nitro groups is 1. The van der Waals surface area contributed by atoms with Gasteiger partial charge in [0.1, 0.15) is 0 Å². The van der Waals surface area contributed by atoms with Gasteiger partial charge in [-0.3, -0.25) is 19.2 Å². The summed E-state index contributed by atoms with van der Waals surface area (Å²) in [6, 6.07) is 17.3. The molecule has 8 nitrogen and oxygen atoms in total. The molecule has 1 N–H and O–H groups in total. The largest absolute Gasteiger partial charge is 0.320 e. The van der Waals surface area contributed by atoms with Crippen LogP contribution in [0.2, 0.25) is 5.02 Å². The van der Waals surface area contributed by atoms with Crippen molar-refractivity contribution in [2.24, 2.45) is 0 Å². The normalized spacial score (nSPS) is 11.1. The van der Waals surface area contributed by atoms with Gasteiger partial charge >= 0.3 is 0 Å². The van der Waals surface area contributed by atoms with Crippen molar-refractivity contribution in [1.82, 2.24) is 0 Å². The molecule has 32 heavy (non-hydrogen) atoms. The molecule has 0 aromatic heterocycles. The van der Waals surface area contributed by atoms with Crippen LogP contribution in [0.5, 0.6) is 0 Å². The smallest absolute Gasteiger partial charge is 0.271 e. The zero-order valence-electron chi connectivity index (χ0n) is 17.3. The second-order valence-electron chi connectivity index (χ2n) is 7.18. The number of sulfonamides is 1. The number of anilines is 2. The van der Waals surface area contributed by atoms with E-state index in [0.29, 0.717) is 11.3 Å². The van der Waals surface area contributed by atoms with Crippen molar-refractivity contribution in [2.45, 2.75) is 13.5 Å². The van der Waals surface area contributed by atoms with Crippen molar-refractivity contribution in [1.29, 1.82) is 0 Å². The van der Waals surface area contributed by atoms with Gasteiger partial charge in [-0.25, -0.2) is 8.42 Å². The lowest BCUT2D eigenvalue weighted by molar-refractivity contribution is -0.384. The first-order valence-corrected chi connectivity index (χ1v) is 11.7. The van der Waals surface area contributed by atoms with Crippen LogP contribution in [-0.4, -0.2) is 25.5 Å². The molecule has 0 aliphatic heterocycles. The number of nitrogens with zero attached hydrogens (tertiary/aromatic N) is 2. The number of hydrogen-bond acceptors (Lipinski definition) is 5. The molecule has 10 heteroatoms. The summed E-state index contributed by atoms with van der Waals surface area (Å²) in [5.74, 6) is -0.502. The average Bonchev–Trinajstić information content (AvgIpc) is 2.73. The molecule has 0 spiro atoms. The van der Waals surface area contributed by atoms with Crippen molar-refractivity contribution in [3.8, 4) is 0 Å². The number of non-ortho nitro benzene ring substituents is 1. The van der Waals surface area contributed by atoms with E-state index in [2.05, 4.69) is 5.32 Å². The van der Waals surface area contributed by atoms with Gasteiger partial charge in [-0.1, -0.05) is 35.9 Å². The molecule has 3 aromatic rings. The van der Waals surface area contributed by atoms with Crippen LogP contribution in [0.25, 0.3) is 0 Å². The Hall–Kier alpha value is -3.43. The third kappa shape index (κ3) is 5.63. The van der Waals surface area contributed by atoms with Gasteiger partial charge in [-0.2, -0.15) is 0 Å². The van der Waals surface area contributed by atoms with Crippen LogP contribution in [0.1, 0.15) is 21.5 Å². The van der Waals surface area contributed by atoms with Crippen LogP contribution in [0.4, 0.5) is 17.1 Å². The number of rotatable bonds is 7. The topological polar surface area (TPSA) is 110 Å². The highest BCUT2D eigenvalue weighted by molar-refractivity contribution is 7.92. The lowest BCUT2D eigenvalue weighted by Gasteiger charge is -2.23. The molecule has 0 fully saturated rings. The Labute approximate surface area is 190 Å².